The number of hydrogen-bond acceptors (Lipinski definition) is 5. The summed E-state index contributed by atoms with van der Waals surface area (Å²) in [6.45, 7) is 2.85. The standard InChI is InChI=1S/C14H20BrN3O3/c1-3-14(5-4-6-14)9-16-10-7-17-18(8-11(19)21-2)13(20)12(10)15/h7,16H,3-6,8-9H2,1-2H3. The molecule has 1 aromatic rings. The Kier molecular flexibility index (Phi) is 5.03. The van der Waals surface area contributed by atoms with Gasteiger partial charge in [-0.2, -0.15) is 5.10 Å². The molecular formula is C14H20BrN3O3. The highest BCUT2D eigenvalue weighted by molar-refractivity contribution is 9.10. The molecule has 116 valence electrons. The van der Waals surface area contributed by atoms with E-state index in [1.807, 2.05) is 0 Å². The third-order valence-corrected chi connectivity index (χ3v) is 5.08. The molecule has 1 N–H and O–H groups in total. The minimum atomic E-state index is -0.503. The van der Waals surface area contributed by atoms with Crippen molar-refractivity contribution >= 4 is 27.6 Å². The predicted molar refractivity (Wildman–Crippen MR) is 83.3 cm³/mol. The smallest absolute Gasteiger partial charge is 0.327 e. The number of carbonyl (C=O) groups is 1. The van der Waals surface area contributed by atoms with Crippen LogP contribution in [0.25, 0.3) is 0 Å². The molecule has 0 bridgehead atoms. The molecule has 1 aliphatic carbocycles. The maximum atomic E-state index is 12.1. The van der Waals surface area contributed by atoms with Gasteiger partial charge in [-0.3, -0.25) is 9.59 Å². The number of aromatic nitrogens is 2. The summed E-state index contributed by atoms with van der Waals surface area (Å²) in [7, 11) is 1.28. The van der Waals surface area contributed by atoms with Gasteiger partial charge < -0.3 is 10.1 Å². The van der Waals surface area contributed by atoms with Crippen LogP contribution in [0.15, 0.2) is 15.5 Å². The average Bonchev–Trinajstić information content (AvgIpc) is 2.45. The number of ether oxygens (including phenoxy) is 1. The summed E-state index contributed by atoms with van der Waals surface area (Å²) in [5.74, 6) is -0.503. The van der Waals surface area contributed by atoms with Crippen molar-refractivity contribution in [1.29, 1.82) is 0 Å². The van der Waals surface area contributed by atoms with Crippen molar-refractivity contribution in [3.8, 4) is 0 Å². The van der Waals surface area contributed by atoms with Gasteiger partial charge in [0.2, 0.25) is 0 Å². The second-order valence-corrected chi connectivity index (χ2v) is 6.26. The van der Waals surface area contributed by atoms with Gasteiger partial charge in [0.15, 0.2) is 0 Å². The summed E-state index contributed by atoms with van der Waals surface area (Å²) < 4.78 is 6.02. The highest BCUT2D eigenvalue weighted by Crippen LogP contribution is 2.43. The Bertz CT molecular complexity index is 576. The number of esters is 1. The van der Waals surface area contributed by atoms with Crippen molar-refractivity contribution in [1.82, 2.24) is 9.78 Å². The maximum absolute atomic E-state index is 12.1. The summed E-state index contributed by atoms with van der Waals surface area (Å²) in [6, 6.07) is 0. The first-order chi connectivity index (χ1) is 10.0. The number of anilines is 1. The number of nitrogens with one attached hydrogen (secondary N) is 1. The maximum Gasteiger partial charge on any atom is 0.327 e. The van der Waals surface area contributed by atoms with Gasteiger partial charge in [0, 0.05) is 6.54 Å². The Balaban J connectivity index is 2.09. The van der Waals surface area contributed by atoms with Crippen LogP contribution in [0.1, 0.15) is 32.6 Å². The number of rotatable bonds is 6. The molecule has 7 heteroatoms. The van der Waals surface area contributed by atoms with E-state index in [0.717, 1.165) is 17.6 Å². The number of halogens is 1. The number of carbonyl (C=O) groups excluding carboxylic acids is 1. The molecule has 6 nitrogen and oxygen atoms in total. The highest BCUT2D eigenvalue weighted by Gasteiger charge is 2.34. The van der Waals surface area contributed by atoms with Crippen LogP contribution in [-0.2, 0) is 16.1 Å². The van der Waals surface area contributed by atoms with Crippen molar-refractivity contribution < 1.29 is 9.53 Å². The molecule has 1 heterocycles. The minimum absolute atomic E-state index is 0.187. The molecular weight excluding hydrogens is 338 g/mol. The summed E-state index contributed by atoms with van der Waals surface area (Å²) >= 11 is 3.28. The largest absolute Gasteiger partial charge is 0.468 e. The molecule has 2 rings (SSSR count). The molecule has 0 radical (unpaired) electrons. The van der Waals surface area contributed by atoms with Gasteiger partial charge in [0.1, 0.15) is 11.0 Å². The average molecular weight is 358 g/mol. The molecule has 0 saturated heterocycles. The Labute approximate surface area is 132 Å². The molecule has 0 atom stereocenters. The van der Waals surface area contributed by atoms with Crippen LogP contribution in [0.2, 0.25) is 0 Å². The fourth-order valence-corrected chi connectivity index (χ4v) is 2.95. The normalized spacial score (nSPS) is 16.1. The van der Waals surface area contributed by atoms with Crippen LogP contribution in [-0.4, -0.2) is 29.4 Å². The molecule has 0 spiro atoms. The fraction of sp³-hybridized carbons (Fsp3) is 0.643. The van der Waals surface area contributed by atoms with Gasteiger partial charge in [0.25, 0.3) is 5.56 Å². The first kappa shape index (κ1) is 16.0. The molecule has 1 aliphatic rings. The predicted octanol–water partition coefficient (Wildman–Crippen LogP) is 2.17. The van der Waals surface area contributed by atoms with Crippen molar-refractivity contribution in [2.75, 3.05) is 19.0 Å². The van der Waals surface area contributed by atoms with Crippen LogP contribution in [0.4, 0.5) is 5.69 Å². The van der Waals surface area contributed by atoms with E-state index in [4.69, 9.17) is 0 Å². The number of nitrogens with zero attached hydrogens (tertiary/aromatic N) is 2. The van der Waals surface area contributed by atoms with Gasteiger partial charge in [0.05, 0.1) is 19.0 Å². The van der Waals surface area contributed by atoms with Gasteiger partial charge >= 0.3 is 5.97 Å². The molecule has 0 unspecified atom stereocenters. The molecule has 21 heavy (non-hydrogen) atoms. The zero-order valence-corrected chi connectivity index (χ0v) is 13.9. The van der Waals surface area contributed by atoms with Crippen molar-refractivity contribution in [2.45, 2.75) is 39.2 Å². The van der Waals surface area contributed by atoms with Crippen molar-refractivity contribution in [3.05, 3.63) is 21.0 Å². The summed E-state index contributed by atoms with van der Waals surface area (Å²) in [5.41, 5.74) is 0.672. The molecule has 0 aromatic carbocycles. The molecule has 1 aromatic heterocycles. The molecule has 1 fully saturated rings. The molecule has 0 amide bonds. The van der Waals surface area contributed by atoms with E-state index in [9.17, 15) is 9.59 Å². The number of hydrogen-bond donors (Lipinski definition) is 1. The summed E-state index contributed by atoms with van der Waals surface area (Å²) in [4.78, 5) is 23.3. The quantitative estimate of drug-likeness (QED) is 0.789. The topological polar surface area (TPSA) is 73.2 Å². The van der Waals surface area contributed by atoms with E-state index in [0.29, 0.717) is 15.6 Å². The minimum Gasteiger partial charge on any atom is -0.468 e. The second-order valence-electron chi connectivity index (χ2n) is 5.47. The van der Waals surface area contributed by atoms with Crippen LogP contribution < -0.4 is 10.9 Å². The third-order valence-electron chi connectivity index (χ3n) is 4.31. The lowest BCUT2D eigenvalue weighted by Crippen LogP contribution is -2.36. The van der Waals surface area contributed by atoms with E-state index >= 15 is 0 Å². The van der Waals surface area contributed by atoms with E-state index in [-0.39, 0.29) is 12.1 Å². The van der Waals surface area contributed by atoms with Gasteiger partial charge in [-0.15, -0.1) is 0 Å². The van der Waals surface area contributed by atoms with E-state index in [1.54, 1.807) is 6.20 Å². The third kappa shape index (κ3) is 3.45. The summed E-state index contributed by atoms with van der Waals surface area (Å²) in [6.07, 6.45) is 6.42. The lowest BCUT2D eigenvalue weighted by Gasteiger charge is -2.41. The first-order valence-electron chi connectivity index (χ1n) is 7.07. The van der Waals surface area contributed by atoms with Gasteiger partial charge in [-0.1, -0.05) is 13.3 Å². The van der Waals surface area contributed by atoms with Crippen molar-refractivity contribution in [3.63, 3.8) is 0 Å². The monoisotopic (exact) mass is 357 g/mol. The Morgan fingerprint density at radius 2 is 2.29 bits per heavy atom. The summed E-state index contributed by atoms with van der Waals surface area (Å²) in [5, 5.41) is 7.31. The lowest BCUT2D eigenvalue weighted by atomic mass is 9.67. The fourth-order valence-electron chi connectivity index (χ4n) is 2.50. The Hall–Kier alpha value is -1.37. The Morgan fingerprint density at radius 1 is 1.57 bits per heavy atom. The van der Waals surface area contributed by atoms with Gasteiger partial charge in [-0.25, -0.2) is 4.68 Å². The van der Waals surface area contributed by atoms with Crippen LogP contribution >= 0.6 is 15.9 Å². The molecule has 1 saturated carbocycles. The lowest BCUT2D eigenvalue weighted by molar-refractivity contribution is -0.141. The van der Waals surface area contributed by atoms with E-state index < -0.39 is 5.97 Å². The molecule has 0 aliphatic heterocycles. The zero-order chi connectivity index (χ0) is 15.5. The highest BCUT2D eigenvalue weighted by atomic mass is 79.9. The van der Waals surface area contributed by atoms with Gasteiger partial charge in [-0.05, 0) is 40.6 Å². The zero-order valence-electron chi connectivity index (χ0n) is 12.3. The van der Waals surface area contributed by atoms with Crippen LogP contribution in [0.3, 0.4) is 0 Å². The first-order valence-corrected chi connectivity index (χ1v) is 7.87. The van der Waals surface area contributed by atoms with Crippen molar-refractivity contribution in [2.24, 2.45) is 5.41 Å². The van der Waals surface area contributed by atoms with Crippen LogP contribution in [0, 0.1) is 5.41 Å². The SMILES string of the molecule is CCC1(CNc2cnn(CC(=O)OC)c(=O)c2Br)CCC1. The Morgan fingerprint density at radius 3 is 2.81 bits per heavy atom. The number of methoxy groups -OCH3 is 1. The van der Waals surface area contributed by atoms with E-state index in [1.165, 1.54) is 26.4 Å². The van der Waals surface area contributed by atoms with E-state index in [2.05, 4.69) is 38.0 Å². The van der Waals surface area contributed by atoms with Crippen LogP contribution in [0.5, 0.6) is 0 Å². The second kappa shape index (κ2) is 6.60.